The SMILES string of the molecule is CC(C)(C)OC(=O)NCC1CCCS1. The van der Waals surface area contributed by atoms with E-state index in [-0.39, 0.29) is 6.09 Å². The minimum absolute atomic E-state index is 0.301. The molecule has 82 valence electrons. The Morgan fingerprint density at radius 2 is 2.29 bits per heavy atom. The van der Waals surface area contributed by atoms with Crippen molar-refractivity contribution in [2.75, 3.05) is 12.3 Å². The van der Waals surface area contributed by atoms with Gasteiger partial charge in [-0.3, -0.25) is 0 Å². The van der Waals surface area contributed by atoms with Gasteiger partial charge in [0.25, 0.3) is 0 Å². The third-order valence-corrected chi connectivity index (χ3v) is 3.30. The molecule has 14 heavy (non-hydrogen) atoms. The van der Waals surface area contributed by atoms with E-state index in [0.29, 0.717) is 5.25 Å². The Balaban J connectivity index is 2.14. The fraction of sp³-hybridized carbons (Fsp3) is 0.900. The van der Waals surface area contributed by atoms with Crippen molar-refractivity contribution in [1.29, 1.82) is 0 Å². The first kappa shape index (κ1) is 11.7. The highest BCUT2D eigenvalue weighted by atomic mass is 32.2. The molecule has 4 heteroatoms. The second-order valence-electron chi connectivity index (χ2n) is 4.52. The normalized spacial score (nSPS) is 22.1. The first-order valence-electron chi connectivity index (χ1n) is 5.06. The maximum absolute atomic E-state index is 11.3. The first-order valence-corrected chi connectivity index (χ1v) is 6.11. The molecule has 1 N–H and O–H groups in total. The molecule has 1 rings (SSSR count). The quantitative estimate of drug-likeness (QED) is 0.772. The minimum Gasteiger partial charge on any atom is -0.444 e. The van der Waals surface area contributed by atoms with E-state index < -0.39 is 5.60 Å². The molecule has 1 heterocycles. The van der Waals surface area contributed by atoms with Crippen LogP contribution in [0.2, 0.25) is 0 Å². The maximum Gasteiger partial charge on any atom is 0.407 e. The molecule has 1 unspecified atom stereocenters. The Bertz CT molecular complexity index is 195. The van der Waals surface area contributed by atoms with Crippen LogP contribution in [0, 0.1) is 0 Å². The molecule has 1 amide bonds. The molecule has 0 radical (unpaired) electrons. The van der Waals surface area contributed by atoms with Gasteiger partial charge in [-0.05, 0) is 39.4 Å². The topological polar surface area (TPSA) is 38.3 Å². The predicted octanol–water partition coefficient (Wildman–Crippen LogP) is 2.41. The van der Waals surface area contributed by atoms with Crippen molar-refractivity contribution in [3.8, 4) is 0 Å². The van der Waals surface area contributed by atoms with Gasteiger partial charge in [-0.2, -0.15) is 11.8 Å². The van der Waals surface area contributed by atoms with Gasteiger partial charge in [-0.1, -0.05) is 0 Å². The summed E-state index contributed by atoms with van der Waals surface area (Å²) in [5, 5.41) is 3.38. The van der Waals surface area contributed by atoms with E-state index in [2.05, 4.69) is 5.32 Å². The second kappa shape index (κ2) is 4.91. The molecule has 0 aromatic carbocycles. The lowest BCUT2D eigenvalue weighted by Gasteiger charge is -2.20. The van der Waals surface area contributed by atoms with Crippen molar-refractivity contribution in [1.82, 2.24) is 5.32 Å². The molecule has 0 saturated carbocycles. The van der Waals surface area contributed by atoms with E-state index in [1.807, 2.05) is 32.5 Å². The number of thioether (sulfide) groups is 1. The third kappa shape index (κ3) is 4.74. The first-order chi connectivity index (χ1) is 6.47. The van der Waals surface area contributed by atoms with Crippen LogP contribution in [-0.2, 0) is 4.74 Å². The van der Waals surface area contributed by atoms with Gasteiger partial charge in [-0.25, -0.2) is 4.79 Å². The number of carbonyl (C=O) groups is 1. The zero-order valence-electron chi connectivity index (χ0n) is 9.13. The summed E-state index contributed by atoms with van der Waals surface area (Å²) in [6.45, 7) is 6.35. The summed E-state index contributed by atoms with van der Waals surface area (Å²) in [6.07, 6.45) is 2.18. The summed E-state index contributed by atoms with van der Waals surface area (Å²) in [6, 6.07) is 0. The van der Waals surface area contributed by atoms with Crippen LogP contribution in [-0.4, -0.2) is 29.2 Å². The predicted molar refractivity (Wildman–Crippen MR) is 59.7 cm³/mol. The molecule has 1 aliphatic rings. The Kier molecular flexibility index (Phi) is 4.11. The van der Waals surface area contributed by atoms with Crippen LogP contribution >= 0.6 is 11.8 Å². The summed E-state index contributed by atoms with van der Waals surface area (Å²) < 4.78 is 5.14. The molecule has 1 aliphatic heterocycles. The Labute approximate surface area is 90.0 Å². The van der Waals surface area contributed by atoms with Crippen LogP contribution in [0.15, 0.2) is 0 Å². The number of hydrogen-bond acceptors (Lipinski definition) is 3. The highest BCUT2D eigenvalue weighted by Crippen LogP contribution is 2.25. The molecule has 3 nitrogen and oxygen atoms in total. The highest BCUT2D eigenvalue weighted by molar-refractivity contribution is 8.00. The molecular weight excluding hydrogens is 198 g/mol. The van der Waals surface area contributed by atoms with Gasteiger partial charge in [-0.15, -0.1) is 0 Å². The van der Waals surface area contributed by atoms with Crippen molar-refractivity contribution in [2.24, 2.45) is 0 Å². The lowest BCUT2D eigenvalue weighted by atomic mass is 10.2. The smallest absolute Gasteiger partial charge is 0.407 e. The molecule has 1 fully saturated rings. The molecule has 0 bridgehead atoms. The molecule has 0 aliphatic carbocycles. The molecular formula is C10H19NO2S. The van der Waals surface area contributed by atoms with Gasteiger partial charge in [0, 0.05) is 11.8 Å². The van der Waals surface area contributed by atoms with Crippen LogP contribution in [0.3, 0.4) is 0 Å². The molecule has 0 aromatic heterocycles. The van der Waals surface area contributed by atoms with Crippen molar-refractivity contribution >= 4 is 17.9 Å². The van der Waals surface area contributed by atoms with E-state index in [1.165, 1.54) is 18.6 Å². The van der Waals surface area contributed by atoms with Gasteiger partial charge in [0.15, 0.2) is 0 Å². The number of rotatable bonds is 2. The van der Waals surface area contributed by atoms with E-state index in [1.54, 1.807) is 0 Å². The monoisotopic (exact) mass is 217 g/mol. The summed E-state index contributed by atoms with van der Waals surface area (Å²) in [7, 11) is 0. The number of carbonyl (C=O) groups excluding carboxylic acids is 1. The van der Waals surface area contributed by atoms with Crippen molar-refractivity contribution in [3.05, 3.63) is 0 Å². The summed E-state index contributed by atoms with van der Waals surface area (Å²) in [4.78, 5) is 11.3. The number of hydrogen-bond donors (Lipinski definition) is 1. The van der Waals surface area contributed by atoms with Crippen LogP contribution < -0.4 is 5.32 Å². The zero-order chi connectivity index (χ0) is 10.6. The highest BCUT2D eigenvalue weighted by Gasteiger charge is 2.19. The van der Waals surface area contributed by atoms with Gasteiger partial charge in [0.05, 0.1) is 0 Å². The molecule has 1 saturated heterocycles. The molecule has 0 spiro atoms. The Morgan fingerprint density at radius 3 is 2.79 bits per heavy atom. The zero-order valence-corrected chi connectivity index (χ0v) is 9.95. The minimum atomic E-state index is -0.396. The van der Waals surface area contributed by atoms with E-state index in [0.717, 1.165) is 6.54 Å². The van der Waals surface area contributed by atoms with Crippen LogP contribution in [0.5, 0.6) is 0 Å². The van der Waals surface area contributed by atoms with Crippen molar-refractivity contribution in [3.63, 3.8) is 0 Å². The maximum atomic E-state index is 11.3. The second-order valence-corrected chi connectivity index (χ2v) is 5.93. The van der Waals surface area contributed by atoms with Gasteiger partial charge in [0.1, 0.15) is 5.60 Å². The summed E-state index contributed by atoms with van der Waals surface area (Å²) >= 11 is 1.93. The fourth-order valence-electron chi connectivity index (χ4n) is 1.32. The number of ether oxygens (including phenoxy) is 1. The van der Waals surface area contributed by atoms with Crippen LogP contribution in [0.4, 0.5) is 4.79 Å². The summed E-state index contributed by atoms with van der Waals surface area (Å²) in [5.41, 5.74) is -0.396. The largest absolute Gasteiger partial charge is 0.444 e. The summed E-state index contributed by atoms with van der Waals surface area (Å²) in [5.74, 6) is 1.22. The Hall–Kier alpha value is -0.380. The van der Waals surface area contributed by atoms with Crippen LogP contribution in [0.25, 0.3) is 0 Å². The average molecular weight is 217 g/mol. The Morgan fingerprint density at radius 1 is 1.57 bits per heavy atom. The van der Waals surface area contributed by atoms with E-state index in [4.69, 9.17) is 4.74 Å². The lowest BCUT2D eigenvalue weighted by molar-refractivity contribution is 0.0528. The molecule has 0 aromatic rings. The number of nitrogens with one attached hydrogen (secondary N) is 1. The average Bonchev–Trinajstić information content (AvgIpc) is 2.49. The van der Waals surface area contributed by atoms with Crippen LogP contribution in [0.1, 0.15) is 33.6 Å². The number of alkyl carbamates (subject to hydrolysis) is 1. The fourth-order valence-corrected chi connectivity index (χ4v) is 2.52. The number of amides is 1. The van der Waals surface area contributed by atoms with Gasteiger partial charge < -0.3 is 10.1 Å². The lowest BCUT2D eigenvalue weighted by Crippen LogP contribution is -2.35. The van der Waals surface area contributed by atoms with Crippen molar-refractivity contribution < 1.29 is 9.53 Å². The van der Waals surface area contributed by atoms with Crippen molar-refractivity contribution in [2.45, 2.75) is 44.5 Å². The standard InChI is InChI=1S/C10H19NO2S/c1-10(2,3)13-9(12)11-7-8-5-4-6-14-8/h8H,4-7H2,1-3H3,(H,11,12). The molecule has 1 atom stereocenters. The van der Waals surface area contributed by atoms with E-state index in [9.17, 15) is 4.79 Å². The van der Waals surface area contributed by atoms with Gasteiger partial charge >= 0.3 is 6.09 Å². The van der Waals surface area contributed by atoms with E-state index >= 15 is 0 Å². The third-order valence-electron chi connectivity index (χ3n) is 1.90. The van der Waals surface area contributed by atoms with Gasteiger partial charge in [0.2, 0.25) is 0 Å².